The minimum absolute atomic E-state index is 0.168. The second-order valence-electron chi connectivity index (χ2n) is 8.37. The Morgan fingerprint density at radius 2 is 1.90 bits per heavy atom. The highest BCUT2D eigenvalue weighted by Crippen LogP contribution is 2.42. The number of carboxylic acids is 1. The summed E-state index contributed by atoms with van der Waals surface area (Å²) in [6.45, 7) is 9.62. The highest BCUT2D eigenvalue weighted by atomic mass is 32.2. The third-order valence-electron chi connectivity index (χ3n) is 5.48. The lowest BCUT2D eigenvalue weighted by atomic mass is 9.88. The van der Waals surface area contributed by atoms with Crippen LogP contribution in [-0.2, 0) is 21.2 Å². The number of fused-ring (bicyclic) bond motifs is 1. The van der Waals surface area contributed by atoms with E-state index in [1.807, 2.05) is 20.8 Å². The van der Waals surface area contributed by atoms with Gasteiger partial charge in [-0.3, -0.25) is 10.2 Å². The number of nitrogens with two attached hydrogens (primary N) is 1. The number of guanidine groups is 1. The third kappa shape index (κ3) is 5.23. The van der Waals surface area contributed by atoms with E-state index < -0.39 is 22.0 Å². The van der Waals surface area contributed by atoms with Gasteiger partial charge in [0.15, 0.2) is 0 Å². The molecule has 6 N–H and O–H groups in total. The van der Waals surface area contributed by atoms with Gasteiger partial charge in [0.2, 0.25) is 5.96 Å². The number of ether oxygens (including phenoxy) is 1. The Balaban J connectivity index is 2.17. The Morgan fingerprint density at radius 3 is 2.50 bits per heavy atom. The molecular formula is C20H32N4O5S. The number of rotatable bonds is 7. The third-order valence-corrected chi connectivity index (χ3v) is 7.11. The molecule has 1 unspecified atom stereocenters. The first kappa shape index (κ1) is 23.9. The molecule has 9 nitrogen and oxygen atoms in total. The van der Waals surface area contributed by atoms with Crippen LogP contribution in [0, 0.1) is 26.2 Å². The zero-order valence-electron chi connectivity index (χ0n) is 18.2. The van der Waals surface area contributed by atoms with Crippen LogP contribution in [0.25, 0.3) is 0 Å². The van der Waals surface area contributed by atoms with Crippen molar-refractivity contribution < 1.29 is 23.1 Å². The number of sulfonamides is 1. The Morgan fingerprint density at radius 1 is 1.27 bits per heavy atom. The summed E-state index contributed by atoms with van der Waals surface area (Å²) in [7, 11) is -3.98. The summed E-state index contributed by atoms with van der Waals surface area (Å²) in [5, 5.41) is 19.3. The molecular weight excluding hydrogens is 408 g/mol. The van der Waals surface area contributed by atoms with Crippen molar-refractivity contribution in [3.05, 3.63) is 22.3 Å². The predicted octanol–water partition coefficient (Wildman–Crippen LogP) is 1.71. The SMILES string of the molecule is Cc1c(C)c(S(=O)(=O)NC(=N)NCCCC(N)C(=O)O)c(C)c2c1OC(C)(C)CC2. The van der Waals surface area contributed by atoms with E-state index in [2.05, 4.69) is 10.0 Å². The van der Waals surface area contributed by atoms with Crippen molar-refractivity contribution in [3.8, 4) is 5.75 Å². The molecule has 0 spiro atoms. The van der Waals surface area contributed by atoms with Gasteiger partial charge < -0.3 is 20.9 Å². The van der Waals surface area contributed by atoms with Gasteiger partial charge in [0, 0.05) is 6.54 Å². The van der Waals surface area contributed by atoms with Gasteiger partial charge in [0.1, 0.15) is 17.4 Å². The molecule has 0 aliphatic carbocycles. The molecule has 1 atom stereocenters. The lowest BCUT2D eigenvalue weighted by molar-refractivity contribution is -0.138. The maximum Gasteiger partial charge on any atom is 0.320 e. The van der Waals surface area contributed by atoms with E-state index in [9.17, 15) is 13.2 Å². The van der Waals surface area contributed by atoms with Crippen LogP contribution in [0.5, 0.6) is 5.75 Å². The smallest absolute Gasteiger partial charge is 0.320 e. The fraction of sp³-hybridized carbons (Fsp3) is 0.600. The lowest BCUT2D eigenvalue weighted by Crippen LogP contribution is -2.41. The van der Waals surface area contributed by atoms with Crippen LogP contribution in [0.1, 0.15) is 55.4 Å². The Bertz CT molecular complexity index is 957. The van der Waals surface area contributed by atoms with Crippen LogP contribution >= 0.6 is 0 Å². The molecule has 0 radical (unpaired) electrons. The zero-order chi connectivity index (χ0) is 22.9. The van der Waals surface area contributed by atoms with Crippen molar-refractivity contribution in [2.75, 3.05) is 6.54 Å². The average Bonchev–Trinajstić information content (AvgIpc) is 2.61. The van der Waals surface area contributed by atoms with E-state index in [1.54, 1.807) is 13.8 Å². The summed E-state index contributed by atoms with van der Waals surface area (Å²) >= 11 is 0. The van der Waals surface area contributed by atoms with Gasteiger partial charge in [-0.2, -0.15) is 0 Å². The molecule has 30 heavy (non-hydrogen) atoms. The van der Waals surface area contributed by atoms with Crippen molar-refractivity contribution >= 4 is 22.0 Å². The quantitative estimate of drug-likeness (QED) is 0.245. The molecule has 168 valence electrons. The fourth-order valence-electron chi connectivity index (χ4n) is 3.63. The van der Waals surface area contributed by atoms with Crippen LogP contribution in [0.15, 0.2) is 4.90 Å². The zero-order valence-corrected chi connectivity index (χ0v) is 19.0. The summed E-state index contributed by atoms with van der Waals surface area (Å²) < 4.78 is 34.5. The van der Waals surface area contributed by atoms with E-state index in [-0.39, 0.29) is 29.4 Å². The van der Waals surface area contributed by atoms with Crippen molar-refractivity contribution in [1.82, 2.24) is 10.0 Å². The molecule has 1 aliphatic heterocycles. The summed E-state index contributed by atoms with van der Waals surface area (Å²) in [6, 6.07) is -0.978. The molecule has 2 rings (SSSR count). The molecule has 1 aliphatic rings. The Labute approximate surface area is 177 Å². The van der Waals surface area contributed by atoms with Gasteiger partial charge in [-0.05, 0) is 82.6 Å². The Kier molecular flexibility index (Phi) is 7.03. The van der Waals surface area contributed by atoms with Crippen LogP contribution in [0.4, 0.5) is 0 Å². The molecule has 1 aromatic rings. The standard InChI is InChI=1S/C20H32N4O5S/c1-11-12(2)17(13(3)14-8-9-20(4,5)29-16(11)14)30(27,28)24-19(22)23-10-6-7-15(21)18(25)26/h15H,6-10,21H2,1-5H3,(H,25,26)(H3,22,23,24). The number of nitrogens with one attached hydrogen (secondary N) is 3. The van der Waals surface area contributed by atoms with E-state index in [1.165, 1.54) is 0 Å². The summed E-state index contributed by atoms with van der Waals surface area (Å²) in [6.07, 6.45) is 2.12. The van der Waals surface area contributed by atoms with E-state index >= 15 is 0 Å². The van der Waals surface area contributed by atoms with Gasteiger partial charge in [0.25, 0.3) is 10.0 Å². The van der Waals surface area contributed by atoms with Gasteiger partial charge in [0.05, 0.1) is 4.90 Å². The molecule has 10 heteroatoms. The number of carbonyl (C=O) groups is 1. The monoisotopic (exact) mass is 440 g/mol. The van der Waals surface area contributed by atoms with Gasteiger partial charge in [-0.15, -0.1) is 0 Å². The molecule has 0 aromatic heterocycles. The van der Waals surface area contributed by atoms with E-state index in [0.717, 1.165) is 29.7 Å². The highest BCUT2D eigenvalue weighted by Gasteiger charge is 2.33. The second-order valence-corrected chi connectivity index (χ2v) is 9.99. The topological polar surface area (TPSA) is 155 Å². The van der Waals surface area contributed by atoms with Crippen LogP contribution < -0.4 is 20.5 Å². The summed E-state index contributed by atoms with van der Waals surface area (Å²) in [4.78, 5) is 10.9. The summed E-state index contributed by atoms with van der Waals surface area (Å²) in [5.74, 6) is -0.708. The highest BCUT2D eigenvalue weighted by molar-refractivity contribution is 7.90. The molecule has 0 saturated carbocycles. The minimum Gasteiger partial charge on any atom is -0.487 e. The fourth-order valence-corrected chi connectivity index (χ4v) is 5.16. The van der Waals surface area contributed by atoms with Gasteiger partial charge in [-0.25, -0.2) is 13.1 Å². The van der Waals surface area contributed by atoms with Gasteiger partial charge in [-0.1, -0.05) is 0 Å². The van der Waals surface area contributed by atoms with Crippen molar-refractivity contribution in [3.63, 3.8) is 0 Å². The lowest BCUT2D eigenvalue weighted by Gasteiger charge is -2.35. The molecule has 0 bridgehead atoms. The number of hydrogen-bond donors (Lipinski definition) is 5. The first-order chi connectivity index (χ1) is 13.8. The van der Waals surface area contributed by atoms with Crippen molar-refractivity contribution in [1.29, 1.82) is 5.41 Å². The molecule has 1 aromatic carbocycles. The van der Waals surface area contributed by atoms with Crippen molar-refractivity contribution in [2.45, 2.75) is 76.8 Å². The number of carboxylic acid groups (broad SMARTS) is 1. The normalized spacial score (nSPS) is 16.2. The molecule has 0 fully saturated rings. The van der Waals surface area contributed by atoms with Crippen LogP contribution in [0.3, 0.4) is 0 Å². The summed E-state index contributed by atoms with van der Waals surface area (Å²) in [5.41, 5.74) is 8.03. The largest absolute Gasteiger partial charge is 0.487 e. The van der Waals surface area contributed by atoms with Gasteiger partial charge >= 0.3 is 5.97 Å². The predicted molar refractivity (Wildman–Crippen MR) is 115 cm³/mol. The van der Waals surface area contributed by atoms with Crippen LogP contribution in [0.2, 0.25) is 0 Å². The number of aliphatic carboxylic acids is 1. The van der Waals surface area contributed by atoms with E-state index in [4.69, 9.17) is 21.0 Å². The molecule has 1 heterocycles. The number of hydrogen-bond acceptors (Lipinski definition) is 6. The van der Waals surface area contributed by atoms with Crippen molar-refractivity contribution in [2.24, 2.45) is 5.73 Å². The van der Waals surface area contributed by atoms with Crippen LogP contribution in [-0.4, -0.2) is 43.6 Å². The maximum absolute atomic E-state index is 13.0. The second kappa shape index (κ2) is 8.81. The first-order valence-corrected chi connectivity index (χ1v) is 11.4. The molecule has 0 saturated heterocycles. The minimum atomic E-state index is -3.98. The maximum atomic E-state index is 13.0. The first-order valence-electron chi connectivity index (χ1n) is 9.92. The Hall–Kier alpha value is -2.33. The molecule has 0 amide bonds. The average molecular weight is 441 g/mol. The van der Waals surface area contributed by atoms with E-state index in [0.29, 0.717) is 17.5 Å². The number of benzene rings is 1.